The van der Waals surface area contributed by atoms with E-state index in [1.54, 1.807) is 19.4 Å². The molecule has 138 valence electrons. The van der Waals surface area contributed by atoms with Gasteiger partial charge in [-0.15, -0.1) is 0 Å². The third kappa shape index (κ3) is 5.31. The summed E-state index contributed by atoms with van der Waals surface area (Å²) >= 11 is 0. The summed E-state index contributed by atoms with van der Waals surface area (Å²) in [6.07, 6.45) is 2.41. The zero-order valence-electron chi connectivity index (χ0n) is 15.3. The van der Waals surface area contributed by atoms with E-state index in [2.05, 4.69) is 15.6 Å². The highest BCUT2D eigenvalue weighted by Gasteiger charge is 2.06. The number of rotatable bonds is 8. The Labute approximate surface area is 159 Å². The number of nitrogens with one attached hydrogen (secondary N) is 2. The maximum absolute atomic E-state index is 12.2. The molecule has 2 N–H and O–H groups in total. The average Bonchev–Trinajstić information content (AvgIpc) is 2.73. The molecule has 1 aromatic heterocycles. The molecule has 5 nitrogen and oxygen atoms in total. The van der Waals surface area contributed by atoms with Crippen molar-refractivity contribution in [1.82, 2.24) is 10.3 Å². The number of carbonyl (C=O) groups is 1. The lowest BCUT2D eigenvalue weighted by Gasteiger charge is -2.10. The van der Waals surface area contributed by atoms with Crippen molar-refractivity contribution in [3.05, 3.63) is 89.6 Å². The second-order valence-electron chi connectivity index (χ2n) is 6.09. The number of aromatic nitrogens is 1. The van der Waals surface area contributed by atoms with Crippen LogP contribution in [0.3, 0.4) is 0 Å². The first-order chi connectivity index (χ1) is 13.3. The smallest absolute Gasteiger partial charge is 0.253 e. The van der Waals surface area contributed by atoms with Crippen LogP contribution in [-0.2, 0) is 13.0 Å². The van der Waals surface area contributed by atoms with Gasteiger partial charge in [-0.1, -0.05) is 48.5 Å². The number of methoxy groups -OCH3 is 1. The highest BCUT2D eigenvalue weighted by molar-refractivity contribution is 5.94. The van der Waals surface area contributed by atoms with Crippen molar-refractivity contribution in [3.63, 3.8) is 0 Å². The molecular weight excluding hydrogens is 338 g/mol. The third-order valence-electron chi connectivity index (χ3n) is 4.21. The molecule has 0 radical (unpaired) electrons. The van der Waals surface area contributed by atoms with Crippen LogP contribution in [0.2, 0.25) is 0 Å². The Morgan fingerprint density at radius 2 is 1.78 bits per heavy atom. The zero-order valence-corrected chi connectivity index (χ0v) is 15.3. The standard InChI is InChI=1S/C22H23N3O2/c1-27-20-10-6-5-9-18(20)13-14-23-21-12-11-19(16-24-21)22(26)25-15-17-7-3-2-4-8-17/h2-12,16H,13-15H2,1H3,(H,23,24)(H,25,26). The predicted molar refractivity (Wildman–Crippen MR) is 107 cm³/mol. The number of para-hydroxylation sites is 1. The molecule has 3 rings (SSSR count). The fourth-order valence-corrected chi connectivity index (χ4v) is 2.75. The minimum atomic E-state index is -0.132. The molecule has 27 heavy (non-hydrogen) atoms. The largest absolute Gasteiger partial charge is 0.496 e. The van der Waals surface area contributed by atoms with E-state index >= 15 is 0 Å². The van der Waals surface area contributed by atoms with Crippen molar-refractivity contribution in [2.45, 2.75) is 13.0 Å². The Morgan fingerprint density at radius 1 is 1.00 bits per heavy atom. The molecule has 0 fully saturated rings. The van der Waals surface area contributed by atoms with E-state index in [0.717, 1.165) is 35.7 Å². The van der Waals surface area contributed by atoms with Gasteiger partial charge >= 0.3 is 0 Å². The van der Waals surface area contributed by atoms with Crippen molar-refractivity contribution < 1.29 is 9.53 Å². The van der Waals surface area contributed by atoms with Gasteiger partial charge in [-0.05, 0) is 35.7 Å². The second-order valence-corrected chi connectivity index (χ2v) is 6.09. The van der Waals surface area contributed by atoms with E-state index in [1.807, 2.05) is 60.7 Å². The lowest BCUT2D eigenvalue weighted by molar-refractivity contribution is 0.0950. The van der Waals surface area contributed by atoms with E-state index in [1.165, 1.54) is 0 Å². The summed E-state index contributed by atoms with van der Waals surface area (Å²) in [6, 6.07) is 21.4. The molecule has 0 saturated heterocycles. The number of anilines is 1. The van der Waals surface area contributed by atoms with Gasteiger partial charge in [-0.3, -0.25) is 4.79 Å². The molecule has 0 unspecified atom stereocenters. The molecule has 3 aromatic rings. The minimum absolute atomic E-state index is 0.132. The summed E-state index contributed by atoms with van der Waals surface area (Å²) in [5.41, 5.74) is 2.75. The van der Waals surface area contributed by atoms with Crippen molar-refractivity contribution in [1.29, 1.82) is 0 Å². The number of hydrogen-bond acceptors (Lipinski definition) is 4. The summed E-state index contributed by atoms with van der Waals surface area (Å²) in [4.78, 5) is 16.5. The molecule has 0 aliphatic heterocycles. The molecule has 1 heterocycles. The number of pyridine rings is 1. The molecule has 1 amide bonds. The lowest BCUT2D eigenvalue weighted by atomic mass is 10.1. The number of nitrogens with zero attached hydrogens (tertiary/aromatic N) is 1. The van der Waals surface area contributed by atoms with Crippen molar-refractivity contribution in [2.75, 3.05) is 19.0 Å². The van der Waals surface area contributed by atoms with Crippen LogP contribution in [0.1, 0.15) is 21.5 Å². The van der Waals surface area contributed by atoms with Gasteiger partial charge in [0.25, 0.3) is 5.91 Å². The fourth-order valence-electron chi connectivity index (χ4n) is 2.75. The monoisotopic (exact) mass is 361 g/mol. The summed E-state index contributed by atoms with van der Waals surface area (Å²) in [7, 11) is 1.68. The van der Waals surface area contributed by atoms with Gasteiger partial charge in [0.15, 0.2) is 0 Å². The quantitative estimate of drug-likeness (QED) is 0.642. The fraction of sp³-hybridized carbons (Fsp3) is 0.182. The van der Waals surface area contributed by atoms with Crippen molar-refractivity contribution in [3.8, 4) is 5.75 Å². The van der Waals surface area contributed by atoms with E-state index in [9.17, 15) is 4.79 Å². The Bertz CT molecular complexity index is 864. The summed E-state index contributed by atoms with van der Waals surface area (Å²) < 4.78 is 5.36. The molecule has 0 saturated carbocycles. The highest BCUT2D eigenvalue weighted by atomic mass is 16.5. The van der Waals surface area contributed by atoms with Crippen LogP contribution < -0.4 is 15.4 Å². The Hall–Kier alpha value is -3.34. The summed E-state index contributed by atoms with van der Waals surface area (Å²) in [6.45, 7) is 1.23. The third-order valence-corrected chi connectivity index (χ3v) is 4.21. The number of ether oxygens (including phenoxy) is 1. The molecule has 0 aliphatic carbocycles. The van der Waals surface area contributed by atoms with Crippen LogP contribution in [0.25, 0.3) is 0 Å². The number of amides is 1. The van der Waals surface area contributed by atoms with Crippen molar-refractivity contribution >= 4 is 11.7 Å². The van der Waals surface area contributed by atoms with Gasteiger partial charge in [-0.25, -0.2) is 4.98 Å². The summed E-state index contributed by atoms with van der Waals surface area (Å²) in [5, 5.41) is 6.17. The van der Waals surface area contributed by atoms with Crippen LogP contribution in [-0.4, -0.2) is 24.5 Å². The topological polar surface area (TPSA) is 63.2 Å². The average molecular weight is 361 g/mol. The molecule has 0 spiro atoms. The van der Waals surface area contributed by atoms with Crippen LogP contribution in [0.5, 0.6) is 5.75 Å². The van der Waals surface area contributed by atoms with Crippen LogP contribution >= 0.6 is 0 Å². The Kier molecular flexibility index (Phi) is 6.41. The van der Waals surface area contributed by atoms with Gasteiger partial charge in [-0.2, -0.15) is 0 Å². The molecule has 5 heteroatoms. The SMILES string of the molecule is COc1ccccc1CCNc1ccc(C(=O)NCc2ccccc2)cn1. The van der Waals surface area contributed by atoms with Gasteiger partial charge < -0.3 is 15.4 Å². The highest BCUT2D eigenvalue weighted by Crippen LogP contribution is 2.17. The van der Waals surface area contributed by atoms with E-state index in [0.29, 0.717) is 12.1 Å². The molecular formula is C22H23N3O2. The predicted octanol–water partition coefficient (Wildman–Crippen LogP) is 3.67. The van der Waals surface area contributed by atoms with E-state index in [4.69, 9.17) is 4.74 Å². The zero-order chi connectivity index (χ0) is 18.9. The molecule has 0 bridgehead atoms. The van der Waals surface area contributed by atoms with Gasteiger partial charge in [0, 0.05) is 19.3 Å². The number of hydrogen-bond donors (Lipinski definition) is 2. The number of carbonyl (C=O) groups excluding carboxylic acids is 1. The first-order valence-corrected chi connectivity index (χ1v) is 8.90. The van der Waals surface area contributed by atoms with Crippen LogP contribution in [0.15, 0.2) is 72.9 Å². The Balaban J connectivity index is 1.49. The van der Waals surface area contributed by atoms with E-state index < -0.39 is 0 Å². The molecule has 2 aromatic carbocycles. The summed E-state index contributed by atoms with van der Waals surface area (Å²) in [5.74, 6) is 1.49. The first-order valence-electron chi connectivity index (χ1n) is 8.90. The number of benzene rings is 2. The van der Waals surface area contributed by atoms with Gasteiger partial charge in [0.05, 0.1) is 12.7 Å². The van der Waals surface area contributed by atoms with Gasteiger partial charge in [0.1, 0.15) is 11.6 Å². The van der Waals surface area contributed by atoms with Gasteiger partial charge in [0.2, 0.25) is 0 Å². The first kappa shape index (κ1) is 18.5. The van der Waals surface area contributed by atoms with Crippen molar-refractivity contribution in [2.24, 2.45) is 0 Å². The Morgan fingerprint density at radius 3 is 2.52 bits per heavy atom. The van der Waals surface area contributed by atoms with E-state index in [-0.39, 0.29) is 5.91 Å². The normalized spacial score (nSPS) is 10.3. The molecule has 0 aliphatic rings. The van der Waals surface area contributed by atoms with Crippen LogP contribution in [0.4, 0.5) is 5.82 Å². The molecule has 0 atom stereocenters. The van der Waals surface area contributed by atoms with Crippen LogP contribution in [0, 0.1) is 0 Å². The maximum atomic E-state index is 12.2. The second kappa shape index (κ2) is 9.38. The lowest BCUT2D eigenvalue weighted by Crippen LogP contribution is -2.22. The minimum Gasteiger partial charge on any atom is -0.496 e. The maximum Gasteiger partial charge on any atom is 0.253 e.